The van der Waals surface area contributed by atoms with Crippen LogP contribution in [0.25, 0.3) is 0 Å². The molecule has 0 spiro atoms. The Morgan fingerprint density at radius 3 is 1.08 bits per heavy atom. The molecule has 0 bridgehead atoms. The first kappa shape index (κ1) is 60.2. The van der Waals surface area contributed by atoms with Crippen molar-refractivity contribution in [3.05, 3.63) is 0 Å². The number of carbonyl (C=O) groups excluding carboxylic acids is 2. The summed E-state index contributed by atoms with van der Waals surface area (Å²) >= 11 is 0. The van der Waals surface area contributed by atoms with E-state index < -0.39 is 91.3 Å². The molecule has 8 atom stereocenters. The maximum Gasteiger partial charge on any atom is 0.472 e. The summed E-state index contributed by atoms with van der Waals surface area (Å²) in [4.78, 5) is 73.1. The van der Waals surface area contributed by atoms with Crippen LogP contribution in [-0.4, -0.2) is 108 Å². The number of hydrogen-bond donors (Lipinski definition) is 8. The van der Waals surface area contributed by atoms with Gasteiger partial charge in [-0.05, 0) is 12.8 Å². The fourth-order valence-corrected chi connectivity index (χ4v) is 9.52. The van der Waals surface area contributed by atoms with E-state index in [1.807, 2.05) is 0 Å². The molecule has 0 aliphatic heterocycles. The summed E-state index contributed by atoms with van der Waals surface area (Å²) in [5, 5.41) is 31.8. The molecule has 374 valence electrons. The summed E-state index contributed by atoms with van der Waals surface area (Å²) in [5.41, 5.74) is 0. The van der Waals surface area contributed by atoms with Crippen LogP contribution < -0.4 is 0 Å². The normalized spacial score (nSPS) is 22.1. The standard InChI is InChI=1S/C41H81O19P3/c1-3-5-7-9-11-13-15-17-19-21-23-25-27-29-34(42)55-31-33(57-35(43)30-28-26-24-22-20-18-16-14-12-10-8-6-4-2)32-56-63(53,54)60-41-37(45)39(58-61(47,48)49)36(44)40(38(41)46)59-62(50,51)52/h33,36-41,44-46H,3-32H2,1-2H3,(H,53,54)(H2,47,48,49)(H2,50,51,52)/t33?,36?,37-,38-,39-,40+,41?/m1/s1. The lowest BCUT2D eigenvalue weighted by atomic mass is 9.85. The van der Waals surface area contributed by atoms with Gasteiger partial charge < -0.3 is 49.3 Å². The largest absolute Gasteiger partial charge is 0.472 e. The van der Waals surface area contributed by atoms with Crippen molar-refractivity contribution in [3.63, 3.8) is 0 Å². The third-order valence-corrected chi connectivity index (χ3v) is 12.9. The Morgan fingerprint density at radius 2 is 0.746 bits per heavy atom. The average molecular weight is 971 g/mol. The molecule has 0 saturated heterocycles. The van der Waals surface area contributed by atoms with E-state index in [9.17, 15) is 63.1 Å². The molecular formula is C41H81O19P3. The van der Waals surface area contributed by atoms with Crippen LogP contribution in [0.2, 0.25) is 0 Å². The SMILES string of the molecule is CCCCCCCCCCCCCCCC(=O)OCC(COP(=O)(O)OC1[C@H](O)[C@H](OP(=O)(O)O)C(O)[C@H](OP(=O)(O)O)[C@H]1O)OC(=O)CCCCCCCCCCCCCCC. The highest BCUT2D eigenvalue weighted by Gasteiger charge is 2.56. The molecule has 1 saturated carbocycles. The number of hydrogen-bond acceptors (Lipinski definition) is 14. The van der Waals surface area contributed by atoms with Gasteiger partial charge in [0.1, 0.15) is 43.2 Å². The van der Waals surface area contributed by atoms with Gasteiger partial charge in [0, 0.05) is 12.8 Å². The van der Waals surface area contributed by atoms with Crippen LogP contribution in [-0.2, 0) is 50.9 Å². The predicted molar refractivity (Wildman–Crippen MR) is 234 cm³/mol. The number of ether oxygens (including phenoxy) is 2. The number of unbranched alkanes of at least 4 members (excludes halogenated alkanes) is 24. The molecule has 22 heteroatoms. The van der Waals surface area contributed by atoms with Gasteiger partial charge in [0.05, 0.1) is 6.61 Å². The van der Waals surface area contributed by atoms with E-state index in [1.165, 1.54) is 96.3 Å². The highest BCUT2D eigenvalue weighted by atomic mass is 31.2. The van der Waals surface area contributed by atoms with E-state index in [0.29, 0.717) is 12.8 Å². The topological polar surface area (TPSA) is 303 Å². The van der Waals surface area contributed by atoms with E-state index in [4.69, 9.17) is 18.5 Å². The van der Waals surface area contributed by atoms with Crippen LogP contribution in [0.3, 0.4) is 0 Å². The Hall–Kier alpha value is -0.850. The summed E-state index contributed by atoms with van der Waals surface area (Å²) in [6, 6.07) is 0. The van der Waals surface area contributed by atoms with Gasteiger partial charge >= 0.3 is 35.4 Å². The highest BCUT2D eigenvalue weighted by Crippen LogP contribution is 2.51. The molecule has 19 nitrogen and oxygen atoms in total. The lowest BCUT2D eigenvalue weighted by Crippen LogP contribution is -2.65. The van der Waals surface area contributed by atoms with Crippen molar-refractivity contribution < 1.29 is 90.6 Å². The number of esters is 2. The van der Waals surface area contributed by atoms with Gasteiger partial charge in [-0.25, -0.2) is 13.7 Å². The zero-order valence-electron chi connectivity index (χ0n) is 37.7. The maximum atomic E-state index is 13.1. The quantitative estimate of drug-likeness (QED) is 0.0164. The first-order valence-electron chi connectivity index (χ1n) is 23.3. The fraction of sp³-hybridized carbons (Fsp3) is 0.951. The van der Waals surface area contributed by atoms with Crippen LogP contribution in [0.15, 0.2) is 0 Å². The third kappa shape index (κ3) is 30.9. The Labute approximate surface area is 374 Å². The van der Waals surface area contributed by atoms with Gasteiger partial charge in [0.25, 0.3) is 0 Å². The Bertz CT molecular complexity index is 1310. The smallest absolute Gasteiger partial charge is 0.462 e. The Morgan fingerprint density at radius 1 is 0.444 bits per heavy atom. The molecule has 8 N–H and O–H groups in total. The van der Waals surface area contributed by atoms with Gasteiger partial charge in [-0.15, -0.1) is 0 Å². The zero-order chi connectivity index (χ0) is 47.2. The van der Waals surface area contributed by atoms with Gasteiger partial charge in [0.2, 0.25) is 0 Å². The minimum Gasteiger partial charge on any atom is -0.462 e. The number of rotatable bonds is 40. The van der Waals surface area contributed by atoms with Crippen molar-refractivity contribution in [2.24, 2.45) is 0 Å². The third-order valence-electron chi connectivity index (χ3n) is 10.9. The van der Waals surface area contributed by atoms with Crippen molar-refractivity contribution in [3.8, 4) is 0 Å². The molecule has 1 rings (SSSR count). The molecule has 1 fully saturated rings. The molecule has 0 heterocycles. The van der Waals surface area contributed by atoms with Crippen molar-refractivity contribution in [2.75, 3.05) is 13.2 Å². The Kier molecular flexibility index (Phi) is 32.9. The van der Waals surface area contributed by atoms with Crippen LogP contribution in [0.4, 0.5) is 0 Å². The van der Waals surface area contributed by atoms with E-state index in [-0.39, 0.29) is 12.8 Å². The Balaban J connectivity index is 2.76. The summed E-state index contributed by atoms with van der Waals surface area (Å²) in [7, 11) is -16.6. The number of aliphatic hydroxyl groups excluding tert-OH is 3. The first-order valence-corrected chi connectivity index (χ1v) is 27.9. The van der Waals surface area contributed by atoms with Crippen LogP contribution in [0, 0.1) is 0 Å². The molecule has 0 aromatic rings. The fourth-order valence-electron chi connectivity index (χ4n) is 7.41. The van der Waals surface area contributed by atoms with Gasteiger partial charge in [-0.2, -0.15) is 0 Å². The van der Waals surface area contributed by atoms with Crippen LogP contribution in [0.1, 0.15) is 194 Å². The molecule has 0 aromatic heterocycles. The average Bonchev–Trinajstić information content (AvgIpc) is 3.20. The molecule has 0 aromatic carbocycles. The van der Waals surface area contributed by atoms with Crippen molar-refractivity contribution >= 4 is 35.4 Å². The number of aliphatic hydroxyl groups is 3. The van der Waals surface area contributed by atoms with Crippen LogP contribution in [0.5, 0.6) is 0 Å². The minimum atomic E-state index is -5.54. The molecule has 0 radical (unpaired) electrons. The monoisotopic (exact) mass is 970 g/mol. The maximum absolute atomic E-state index is 13.1. The zero-order valence-corrected chi connectivity index (χ0v) is 40.3. The summed E-state index contributed by atoms with van der Waals surface area (Å²) < 4.78 is 65.4. The van der Waals surface area contributed by atoms with E-state index >= 15 is 0 Å². The lowest BCUT2D eigenvalue weighted by molar-refractivity contribution is -0.213. The summed E-state index contributed by atoms with van der Waals surface area (Å²) in [6.45, 7) is 2.92. The van der Waals surface area contributed by atoms with E-state index in [1.54, 1.807) is 0 Å². The van der Waals surface area contributed by atoms with Gasteiger partial charge in [0.15, 0.2) is 6.10 Å². The van der Waals surface area contributed by atoms with Gasteiger partial charge in [-0.3, -0.25) is 27.7 Å². The molecule has 1 aliphatic carbocycles. The summed E-state index contributed by atoms with van der Waals surface area (Å²) in [5.74, 6) is -1.30. The molecule has 0 amide bonds. The molecule has 63 heavy (non-hydrogen) atoms. The first-order chi connectivity index (χ1) is 29.8. The van der Waals surface area contributed by atoms with Crippen molar-refractivity contribution in [2.45, 2.75) is 236 Å². The highest BCUT2D eigenvalue weighted by molar-refractivity contribution is 7.47. The van der Waals surface area contributed by atoms with E-state index in [2.05, 4.69) is 22.9 Å². The number of phosphoric ester groups is 3. The predicted octanol–water partition coefficient (Wildman–Crippen LogP) is 7.96. The molecule has 4 unspecified atom stereocenters. The summed E-state index contributed by atoms with van der Waals surface area (Å²) in [6.07, 6.45) is 12.7. The molecular weight excluding hydrogens is 889 g/mol. The second-order valence-electron chi connectivity index (χ2n) is 16.7. The second-order valence-corrected chi connectivity index (χ2v) is 20.5. The molecule has 1 aliphatic rings. The lowest BCUT2D eigenvalue weighted by Gasteiger charge is -2.44. The second kappa shape index (κ2) is 34.4. The van der Waals surface area contributed by atoms with Crippen molar-refractivity contribution in [1.29, 1.82) is 0 Å². The number of carbonyl (C=O) groups is 2. The van der Waals surface area contributed by atoms with Crippen molar-refractivity contribution in [1.82, 2.24) is 0 Å². The minimum absolute atomic E-state index is 0.000839. The van der Waals surface area contributed by atoms with Crippen LogP contribution >= 0.6 is 23.5 Å². The van der Waals surface area contributed by atoms with Gasteiger partial charge in [-0.1, -0.05) is 168 Å². The van der Waals surface area contributed by atoms with E-state index in [0.717, 1.165) is 57.8 Å². The number of phosphoric acid groups is 3.